The van der Waals surface area contributed by atoms with Crippen molar-refractivity contribution in [2.75, 3.05) is 27.2 Å². The molecule has 6 aromatic heterocycles. The molecule has 2 N–H and O–H groups in total. The average molecular weight is 477 g/mol. The molecular weight excluding hydrogens is 452 g/mol. The molecule has 0 aliphatic rings. The first-order chi connectivity index (χ1) is 17.7. The number of hydrogen-bond donors (Lipinski definition) is 2. The molecule has 36 heavy (non-hydrogen) atoms. The first-order valence-electron chi connectivity index (χ1n) is 11.6. The van der Waals surface area contributed by atoms with E-state index < -0.39 is 0 Å². The summed E-state index contributed by atoms with van der Waals surface area (Å²) in [7, 11) is 4.03. The second kappa shape index (κ2) is 9.20. The molecule has 0 fully saturated rings. The van der Waals surface area contributed by atoms with E-state index in [4.69, 9.17) is 9.72 Å². The van der Waals surface area contributed by atoms with Crippen LogP contribution in [0.25, 0.3) is 56.0 Å². The standard InChI is InChI=1S/C27H24N8O/c1-35(2)11-12-36-18-13-17(15-28-16-18)20-6-7-23-26(32-20)27(34-33-23)24-14-19-21(31-24)8-10-30-25(19)22-5-3-4-9-29-22/h3-10,13-16,31H,11-12H2,1-2H3,(H,33,34). The van der Waals surface area contributed by atoms with E-state index in [0.717, 1.165) is 62.5 Å². The summed E-state index contributed by atoms with van der Waals surface area (Å²) >= 11 is 0. The second-order valence-electron chi connectivity index (χ2n) is 8.74. The smallest absolute Gasteiger partial charge is 0.138 e. The Bertz CT molecular complexity index is 1660. The fourth-order valence-electron chi connectivity index (χ4n) is 4.12. The van der Waals surface area contributed by atoms with E-state index in [1.807, 2.05) is 56.6 Å². The van der Waals surface area contributed by atoms with Gasteiger partial charge in [0.25, 0.3) is 0 Å². The van der Waals surface area contributed by atoms with Crippen molar-refractivity contribution in [2.24, 2.45) is 0 Å². The molecule has 178 valence electrons. The van der Waals surface area contributed by atoms with E-state index in [-0.39, 0.29) is 0 Å². The fourth-order valence-corrected chi connectivity index (χ4v) is 4.12. The molecule has 0 spiro atoms. The summed E-state index contributed by atoms with van der Waals surface area (Å²) in [6.45, 7) is 1.42. The predicted octanol–water partition coefficient (Wildman–Crippen LogP) is 4.57. The Morgan fingerprint density at radius 2 is 1.83 bits per heavy atom. The van der Waals surface area contributed by atoms with Crippen molar-refractivity contribution in [3.8, 4) is 39.8 Å². The van der Waals surface area contributed by atoms with Crippen molar-refractivity contribution >= 4 is 21.9 Å². The van der Waals surface area contributed by atoms with Gasteiger partial charge in [-0.1, -0.05) is 6.07 Å². The van der Waals surface area contributed by atoms with Crippen LogP contribution >= 0.6 is 0 Å². The van der Waals surface area contributed by atoms with E-state index >= 15 is 0 Å². The fraction of sp³-hybridized carbons (Fsp3) is 0.148. The van der Waals surface area contributed by atoms with Crippen LogP contribution in [0, 0.1) is 0 Å². The quantitative estimate of drug-likeness (QED) is 0.348. The van der Waals surface area contributed by atoms with Crippen molar-refractivity contribution in [3.05, 3.63) is 73.3 Å². The van der Waals surface area contributed by atoms with E-state index in [1.54, 1.807) is 24.8 Å². The van der Waals surface area contributed by atoms with Gasteiger partial charge in [-0.25, -0.2) is 4.98 Å². The number of aromatic nitrogens is 7. The third-order valence-electron chi connectivity index (χ3n) is 5.93. The Hall–Kier alpha value is -4.63. The highest BCUT2D eigenvalue weighted by molar-refractivity contribution is 5.98. The normalized spacial score (nSPS) is 11.5. The van der Waals surface area contributed by atoms with Crippen LogP contribution in [0.4, 0.5) is 0 Å². The first kappa shape index (κ1) is 21.9. The van der Waals surface area contributed by atoms with Gasteiger partial charge in [0.1, 0.15) is 23.6 Å². The lowest BCUT2D eigenvalue weighted by molar-refractivity contribution is 0.261. The molecule has 0 atom stereocenters. The van der Waals surface area contributed by atoms with Gasteiger partial charge in [0.05, 0.1) is 34.5 Å². The lowest BCUT2D eigenvalue weighted by Gasteiger charge is -2.11. The molecule has 6 aromatic rings. The van der Waals surface area contributed by atoms with Crippen molar-refractivity contribution in [3.63, 3.8) is 0 Å². The molecule has 0 saturated heterocycles. The molecule has 0 radical (unpaired) electrons. The molecule has 6 rings (SSSR count). The number of fused-ring (bicyclic) bond motifs is 2. The second-order valence-corrected chi connectivity index (χ2v) is 8.74. The number of hydrogen-bond acceptors (Lipinski definition) is 7. The Morgan fingerprint density at radius 3 is 2.69 bits per heavy atom. The summed E-state index contributed by atoms with van der Waals surface area (Å²) in [6, 6.07) is 15.7. The Labute approximate surface area is 207 Å². The number of pyridine rings is 4. The highest BCUT2D eigenvalue weighted by atomic mass is 16.5. The third-order valence-corrected chi connectivity index (χ3v) is 5.93. The van der Waals surface area contributed by atoms with Crippen LogP contribution in [0.2, 0.25) is 0 Å². The molecular formula is C27H24N8O. The zero-order valence-corrected chi connectivity index (χ0v) is 19.9. The summed E-state index contributed by atoms with van der Waals surface area (Å²) in [5, 5.41) is 8.65. The molecule has 0 aliphatic carbocycles. The van der Waals surface area contributed by atoms with E-state index in [2.05, 4.69) is 41.1 Å². The minimum atomic E-state index is 0.589. The van der Waals surface area contributed by atoms with Crippen LogP contribution in [0.15, 0.2) is 73.3 Å². The maximum absolute atomic E-state index is 5.86. The van der Waals surface area contributed by atoms with E-state index in [0.29, 0.717) is 12.4 Å². The van der Waals surface area contributed by atoms with E-state index in [9.17, 15) is 0 Å². The molecule has 9 heteroatoms. The molecule has 0 aromatic carbocycles. The van der Waals surface area contributed by atoms with E-state index in [1.165, 1.54) is 0 Å². The number of aromatic amines is 2. The lowest BCUT2D eigenvalue weighted by atomic mass is 10.1. The van der Waals surface area contributed by atoms with Crippen LogP contribution in [0.1, 0.15) is 0 Å². The molecule has 0 bridgehead atoms. The Balaban J connectivity index is 1.38. The Kier molecular flexibility index (Phi) is 5.59. The molecule has 0 aliphatic heterocycles. The Morgan fingerprint density at radius 1 is 0.889 bits per heavy atom. The number of nitrogens with zero attached hydrogens (tertiary/aromatic N) is 6. The van der Waals surface area contributed by atoms with Gasteiger partial charge in [-0.15, -0.1) is 0 Å². The van der Waals surface area contributed by atoms with Crippen LogP contribution in [-0.4, -0.2) is 67.3 Å². The highest BCUT2D eigenvalue weighted by Gasteiger charge is 2.16. The van der Waals surface area contributed by atoms with Gasteiger partial charge >= 0.3 is 0 Å². The maximum Gasteiger partial charge on any atom is 0.138 e. The van der Waals surface area contributed by atoms with Crippen molar-refractivity contribution < 1.29 is 4.74 Å². The summed E-state index contributed by atoms with van der Waals surface area (Å²) in [4.78, 5) is 23.9. The van der Waals surface area contributed by atoms with Gasteiger partial charge in [0.2, 0.25) is 0 Å². The molecule has 0 amide bonds. The zero-order valence-electron chi connectivity index (χ0n) is 19.9. The summed E-state index contributed by atoms with van der Waals surface area (Å²) < 4.78 is 5.86. The SMILES string of the molecule is CN(C)CCOc1cncc(-c2ccc3[nH]nc(-c4cc5c(-c6ccccn6)nccc5[nH]4)c3n2)c1. The van der Waals surface area contributed by atoms with Crippen LogP contribution < -0.4 is 4.74 Å². The minimum Gasteiger partial charge on any atom is -0.491 e. The van der Waals surface area contributed by atoms with Gasteiger partial charge in [-0.3, -0.25) is 20.1 Å². The number of likely N-dealkylation sites (N-methyl/N-ethyl adjacent to an activating group) is 1. The number of nitrogens with one attached hydrogen (secondary N) is 2. The van der Waals surface area contributed by atoms with Crippen LogP contribution in [-0.2, 0) is 0 Å². The van der Waals surface area contributed by atoms with Crippen molar-refractivity contribution in [1.82, 2.24) is 40.0 Å². The topological polar surface area (TPSA) is 109 Å². The number of ether oxygens (including phenoxy) is 1. The van der Waals surface area contributed by atoms with Crippen molar-refractivity contribution in [1.29, 1.82) is 0 Å². The summed E-state index contributed by atoms with van der Waals surface area (Å²) in [5.41, 5.74) is 7.48. The highest BCUT2D eigenvalue weighted by Crippen LogP contribution is 2.32. The van der Waals surface area contributed by atoms with Crippen LogP contribution in [0.3, 0.4) is 0 Å². The molecule has 0 unspecified atom stereocenters. The monoisotopic (exact) mass is 476 g/mol. The molecule has 0 saturated carbocycles. The van der Waals surface area contributed by atoms with Gasteiger partial charge in [-0.2, -0.15) is 5.10 Å². The van der Waals surface area contributed by atoms with Crippen molar-refractivity contribution in [2.45, 2.75) is 0 Å². The average Bonchev–Trinajstić information content (AvgIpc) is 3.53. The number of H-pyrrole nitrogens is 2. The predicted molar refractivity (Wildman–Crippen MR) is 139 cm³/mol. The summed E-state index contributed by atoms with van der Waals surface area (Å²) in [5.74, 6) is 0.717. The van der Waals surface area contributed by atoms with Gasteiger partial charge in [-0.05, 0) is 56.6 Å². The third kappa shape index (κ3) is 4.16. The largest absolute Gasteiger partial charge is 0.491 e. The zero-order chi connectivity index (χ0) is 24.5. The molecule has 6 heterocycles. The molecule has 9 nitrogen and oxygen atoms in total. The summed E-state index contributed by atoms with van der Waals surface area (Å²) in [6.07, 6.45) is 7.07. The van der Waals surface area contributed by atoms with Crippen LogP contribution in [0.5, 0.6) is 5.75 Å². The first-order valence-corrected chi connectivity index (χ1v) is 11.6. The number of rotatable bonds is 7. The maximum atomic E-state index is 5.86. The lowest BCUT2D eigenvalue weighted by Crippen LogP contribution is -2.19. The van der Waals surface area contributed by atoms with Gasteiger partial charge in [0.15, 0.2) is 0 Å². The minimum absolute atomic E-state index is 0.589. The van der Waals surface area contributed by atoms with Gasteiger partial charge in [0, 0.05) is 41.6 Å². The van der Waals surface area contributed by atoms with Gasteiger partial charge < -0.3 is 14.6 Å².